The van der Waals surface area contributed by atoms with Gasteiger partial charge in [0, 0.05) is 11.3 Å². The van der Waals surface area contributed by atoms with Crippen LogP contribution in [0.15, 0.2) is 48.5 Å². The summed E-state index contributed by atoms with van der Waals surface area (Å²) in [6, 6.07) is 10.4. The van der Waals surface area contributed by atoms with Gasteiger partial charge in [-0.3, -0.25) is 9.59 Å². The van der Waals surface area contributed by atoms with Crippen LogP contribution in [0.25, 0.3) is 0 Å². The molecule has 0 spiro atoms. The molecule has 0 unspecified atom stereocenters. The second kappa shape index (κ2) is 7.16. The molecule has 0 radical (unpaired) electrons. The summed E-state index contributed by atoms with van der Waals surface area (Å²) < 4.78 is 42.4. The van der Waals surface area contributed by atoms with Crippen LogP contribution in [0.4, 0.5) is 18.9 Å². The topological polar surface area (TPSA) is 55.4 Å². The van der Waals surface area contributed by atoms with Gasteiger partial charge in [-0.15, -0.1) is 0 Å². The summed E-state index contributed by atoms with van der Waals surface area (Å²) in [5, 5.41) is 2.56. The van der Waals surface area contributed by atoms with E-state index in [-0.39, 0.29) is 18.1 Å². The van der Waals surface area contributed by atoms with Crippen LogP contribution in [0.1, 0.15) is 22.8 Å². The van der Waals surface area contributed by atoms with Crippen LogP contribution < -0.4 is 10.1 Å². The molecule has 0 saturated carbocycles. The Hall–Kier alpha value is -2.83. The molecule has 2 rings (SSSR count). The van der Waals surface area contributed by atoms with E-state index in [1.807, 2.05) is 0 Å². The second-order valence-corrected chi connectivity index (χ2v) is 4.99. The van der Waals surface area contributed by atoms with Crippen molar-refractivity contribution < 1.29 is 27.5 Å². The van der Waals surface area contributed by atoms with Gasteiger partial charge in [0.2, 0.25) is 0 Å². The van der Waals surface area contributed by atoms with E-state index in [9.17, 15) is 22.8 Å². The van der Waals surface area contributed by atoms with Crippen LogP contribution in [-0.2, 0) is 11.0 Å². The third-order valence-corrected chi connectivity index (χ3v) is 3.13. The first-order valence-electron chi connectivity index (χ1n) is 6.96. The monoisotopic (exact) mass is 337 g/mol. The van der Waals surface area contributed by atoms with Gasteiger partial charge in [-0.25, -0.2) is 0 Å². The lowest BCUT2D eigenvalue weighted by Gasteiger charge is -2.10. The minimum atomic E-state index is -4.41. The number of ketones is 1. The summed E-state index contributed by atoms with van der Waals surface area (Å²) in [6.07, 6.45) is -4.41. The predicted octanol–water partition coefficient (Wildman–Crippen LogP) is 3.93. The molecule has 2 aromatic carbocycles. The molecule has 0 heterocycles. The quantitative estimate of drug-likeness (QED) is 0.841. The van der Waals surface area contributed by atoms with E-state index in [1.54, 1.807) is 24.3 Å². The predicted molar refractivity (Wildman–Crippen MR) is 82.0 cm³/mol. The standard InChI is InChI=1S/C17H14F3NO3/c1-11(22)12-2-6-14(7-3-12)21-16(23)10-24-15-8-4-13(5-9-15)17(18,19)20/h2-9H,10H2,1H3,(H,21,23). The van der Waals surface area contributed by atoms with E-state index in [0.717, 1.165) is 24.3 Å². The van der Waals surface area contributed by atoms with E-state index in [1.165, 1.54) is 6.92 Å². The van der Waals surface area contributed by atoms with E-state index < -0.39 is 17.6 Å². The molecule has 0 aromatic heterocycles. The second-order valence-electron chi connectivity index (χ2n) is 4.99. The van der Waals surface area contributed by atoms with Crippen molar-refractivity contribution in [1.82, 2.24) is 0 Å². The van der Waals surface area contributed by atoms with Crippen LogP contribution >= 0.6 is 0 Å². The van der Waals surface area contributed by atoms with E-state index >= 15 is 0 Å². The molecule has 126 valence electrons. The molecule has 0 fully saturated rings. The summed E-state index contributed by atoms with van der Waals surface area (Å²) in [4.78, 5) is 22.9. The lowest BCUT2D eigenvalue weighted by atomic mass is 10.1. The lowest BCUT2D eigenvalue weighted by Crippen LogP contribution is -2.20. The molecule has 0 bridgehead atoms. The Labute approximate surface area is 136 Å². The number of alkyl halides is 3. The van der Waals surface area contributed by atoms with Gasteiger partial charge < -0.3 is 10.1 Å². The molecule has 0 saturated heterocycles. The number of benzene rings is 2. The van der Waals surface area contributed by atoms with E-state index in [4.69, 9.17) is 4.74 Å². The van der Waals surface area contributed by atoms with Gasteiger partial charge in [0.25, 0.3) is 5.91 Å². The first-order valence-corrected chi connectivity index (χ1v) is 6.96. The Morgan fingerprint density at radius 3 is 2.08 bits per heavy atom. The maximum atomic E-state index is 12.4. The minimum Gasteiger partial charge on any atom is -0.484 e. The molecule has 4 nitrogen and oxygen atoms in total. The summed E-state index contributed by atoms with van der Waals surface area (Å²) in [5.74, 6) is -0.394. The first-order chi connectivity index (χ1) is 11.3. The summed E-state index contributed by atoms with van der Waals surface area (Å²) >= 11 is 0. The largest absolute Gasteiger partial charge is 0.484 e. The number of Topliss-reactive ketones (excluding diaryl/α,β-unsaturated/α-hetero) is 1. The van der Waals surface area contributed by atoms with Gasteiger partial charge in [-0.1, -0.05) is 0 Å². The Balaban J connectivity index is 1.87. The number of hydrogen-bond donors (Lipinski definition) is 1. The van der Waals surface area contributed by atoms with Crippen LogP contribution in [0.2, 0.25) is 0 Å². The number of halogens is 3. The molecule has 7 heteroatoms. The number of hydrogen-bond acceptors (Lipinski definition) is 3. The molecule has 0 atom stereocenters. The molecule has 0 aliphatic rings. The van der Waals surface area contributed by atoms with Crippen molar-refractivity contribution >= 4 is 17.4 Å². The first kappa shape index (κ1) is 17.5. The van der Waals surface area contributed by atoms with Crippen molar-refractivity contribution in [2.75, 3.05) is 11.9 Å². The van der Waals surface area contributed by atoms with Crippen LogP contribution in [0.5, 0.6) is 5.75 Å². The number of rotatable bonds is 5. The molecule has 0 aliphatic heterocycles. The summed E-state index contributed by atoms with van der Waals surface area (Å²) in [5.41, 5.74) is 0.222. The molecule has 2 aromatic rings. The summed E-state index contributed by atoms with van der Waals surface area (Å²) in [7, 11) is 0. The van der Waals surface area contributed by atoms with Gasteiger partial charge in [-0.05, 0) is 55.5 Å². The Morgan fingerprint density at radius 2 is 1.58 bits per heavy atom. The van der Waals surface area contributed by atoms with Crippen molar-refractivity contribution in [2.45, 2.75) is 13.1 Å². The summed E-state index contributed by atoms with van der Waals surface area (Å²) in [6.45, 7) is 1.09. The third-order valence-electron chi connectivity index (χ3n) is 3.13. The van der Waals surface area contributed by atoms with E-state index in [2.05, 4.69) is 5.32 Å². The Kier molecular flexibility index (Phi) is 5.23. The highest BCUT2D eigenvalue weighted by Gasteiger charge is 2.30. The zero-order valence-electron chi connectivity index (χ0n) is 12.7. The van der Waals surface area contributed by atoms with Crippen LogP contribution in [0, 0.1) is 0 Å². The number of carbonyl (C=O) groups excluding carboxylic acids is 2. The van der Waals surface area contributed by atoms with Crippen molar-refractivity contribution in [3.8, 4) is 5.75 Å². The number of anilines is 1. The highest BCUT2D eigenvalue weighted by molar-refractivity contribution is 5.95. The zero-order valence-corrected chi connectivity index (χ0v) is 12.7. The fourth-order valence-electron chi connectivity index (χ4n) is 1.87. The normalized spacial score (nSPS) is 11.0. The van der Waals surface area contributed by atoms with Gasteiger partial charge in [0.1, 0.15) is 5.75 Å². The third kappa shape index (κ3) is 4.84. The SMILES string of the molecule is CC(=O)c1ccc(NC(=O)COc2ccc(C(F)(F)F)cc2)cc1. The maximum absolute atomic E-state index is 12.4. The van der Waals surface area contributed by atoms with Crippen LogP contribution in [0.3, 0.4) is 0 Å². The van der Waals surface area contributed by atoms with E-state index in [0.29, 0.717) is 11.3 Å². The average molecular weight is 337 g/mol. The van der Waals surface area contributed by atoms with Crippen molar-refractivity contribution in [1.29, 1.82) is 0 Å². The number of ether oxygens (including phenoxy) is 1. The maximum Gasteiger partial charge on any atom is 0.416 e. The fourth-order valence-corrected chi connectivity index (χ4v) is 1.87. The van der Waals surface area contributed by atoms with Crippen molar-refractivity contribution in [3.05, 3.63) is 59.7 Å². The van der Waals surface area contributed by atoms with Crippen molar-refractivity contribution in [3.63, 3.8) is 0 Å². The van der Waals surface area contributed by atoms with Crippen LogP contribution in [-0.4, -0.2) is 18.3 Å². The Bertz CT molecular complexity index is 722. The molecular weight excluding hydrogens is 323 g/mol. The highest BCUT2D eigenvalue weighted by atomic mass is 19.4. The average Bonchev–Trinajstić information content (AvgIpc) is 2.53. The fraction of sp³-hybridized carbons (Fsp3) is 0.176. The van der Waals surface area contributed by atoms with Gasteiger partial charge in [0.05, 0.1) is 5.56 Å². The number of carbonyl (C=O) groups is 2. The van der Waals surface area contributed by atoms with Gasteiger partial charge in [-0.2, -0.15) is 13.2 Å². The highest BCUT2D eigenvalue weighted by Crippen LogP contribution is 2.30. The number of amides is 1. The number of nitrogens with one attached hydrogen (secondary N) is 1. The zero-order chi connectivity index (χ0) is 17.7. The Morgan fingerprint density at radius 1 is 1.00 bits per heavy atom. The molecular formula is C17H14F3NO3. The smallest absolute Gasteiger partial charge is 0.416 e. The molecule has 1 N–H and O–H groups in total. The molecule has 1 amide bonds. The van der Waals surface area contributed by atoms with Gasteiger partial charge in [0.15, 0.2) is 12.4 Å². The minimum absolute atomic E-state index is 0.0847. The molecule has 0 aliphatic carbocycles. The molecule has 24 heavy (non-hydrogen) atoms. The van der Waals surface area contributed by atoms with Gasteiger partial charge >= 0.3 is 6.18 Å². The van der Waals surface area contributed by atoms with Crippen molar-refractivity contribution in [2.24, 2.45) is 0 Å². The lowest BCUT2D eigenvalue weighted by molar-refractivity contribution is -0.137.